The molecule has 0 bridgehead atoms. The molecule has 0 aliphatic carbocycles. The normalized spacial score (nSPS) is 11.3. The highest BCUT2D eigenvalue weighted by Crippen LogP contribution is 2.05. The molecular weight excluding hydrogens is 232 g/mol. The van der Waals surface area contributed by atoms with E-state index in [1.54, 1.807) is 0 Å². The summed E-state index contributed by atoms with van der Waals surface area (Å²) in [4.78, 5) is 0. The van der Waals surface area contributed by atoms with Crippen molar-refractivity contribution in [1.82, 2.24) is 0 Å². The van der Waals surface area contributed by atoms with Gasteiger partial charge >= 0.3 is 0 Å². The van der Waals surface area contributed by atoms with Crippen LogP contribution in [0.15, 0.2) is 0 Å². The monoisotopic (exact) mass is 254 g/mol. The van der Waals surface area contributed by atoms with E-state index in [0.29, 0.717) is 26.1 Å². The van der Waals surface area contributed by atoms with Crippen LogP contribution in [-0.2, 0) is 18.9 Å². The molecule has 0 aromatic carbocycles. The zero-order chi connectivity index (χ0) is 12.8. The summed E-state index contributed by atoms with van der Waals surface area (Å²) in [5.41, 5.74) is 0. The average Bonchev–Trinajstić information content (AvgIpc) is 2.34. The van der Waals surface area contributed by atoms with Gasteiger partial charge in [0, 0.05) is 0 Å². The van der Waals surface area contributed by atoms with Crippen molar-refractivity contribution in [1.29, 1.82) is 0 Å². The van der Waals surface area contributed by atoms with Crippen molar-refractivity contribution in [2.45, 2.75) is 18.9 Å². The minimum absolute atomic E-state index is 0.0464. The summed E-state index contributed by atoms with van der Waals surface area (Å²) >= 11 is 0. The molecule has 0 aliphatic heterocycles. The van der Waals surface area contributed by atoms with E-state index in [2.05, 4.69) is 0 Å². The molecule has 0 aromatic rings. The third kappa shape index (κ3) is 12.0. The van der Waals surface area contributed by atoms with Gasteiger partial charge in [0.15, 0.2) is 0 Å². The molecular formula is C10H22O7. The number of hydrogen-bond donors (Lipinski definition) is 3. The molecule has 17 heavy (non-hydrogen) atoms. The molecule has 104 valence electrons. The van der Waals surface area contributed by atoms with Crippen LogP contribution >= 0.6 is 0 Å². The molecule has 0 aliphatic rings. The summed E-state index contributed by atoms with van der Waals surface area (Å²) in [5, 5.41) is 25.4. The van der Waals surface area contributed by atoms with Gasteiger partial charge in [0.1, 0.15) is 20.4 Å². The van der Waals surface area contributed by atoms with Crippen LogP contribution in [-0.4, -0.2) is 68.2 Å². The molecule has 7 heteroatoms. The molecule has 0 amide bonds. The van der Waals surface area contributed by atoms with Crippen molar-refractivity contribution in [3.8, 4) is 0 Å². The van der Waals surface area contributed by atoms with Crippen LogP contribution < -0.4 is 0 Å². The molecule has 0 atom stereocenters. The third-order valence-corrected chi connectivity index (χ3v) is 1.97. The lowest BCUT2D eigenvalue weighted by molar-refractivity contribution is -0.115. The van der Waals surface area contributed by atoms with Crippen LogP contribution in [0, 0.1) is 0 Å². The highest BCUT2D eigenvalue weighted by atomic mass is 16.7. The molecule has 0 aromatic heterocycles. The Hall–Kier alpha value is -0.280. The van der Waals surface area contributed by atoms with Gasteiger partial charge < -0.3 is 34.3 Å². The van der Waals surface area contributed by atoms with Crippen LogP contribution in [0.2, 0.25) is 0 Å². The standard InChI is InChI=1S/C10H22O7/c11-3-6-16-9-17-10(1-4-14-7-12)2-5-15-8-13/h10-13H,1-9H2. The van der Waals surface area contributed by atoms with Crippen LogP contribution in [0.5, 0.6) is 0 Å². The summed E-state index contributed by atoms with van der Waals surface area (Å²) in [6, 6.07) is 0. The van der Waals surface area contributed by atoms with Crippen molar-refractivity contribution < 1.29 is 34.3 Å². The average molecular weight is 254 g/mol. The van der Waals surface area contributed by atoms with Gasteiger partial charge in [-0.1, -0.05) is 0 Å². The largest absolute Gasteiger partial charge is 0.394 e. The topological polar surface area (TPSA) is 97.6 Å². The van der Waals surface area contributed by atoms with Crippen molar-refractivity contribution in [2.75, 3.05) is 46.8 Å². The number of ether oxygens (including phenoxy) is 4. The molecule has 0 saturated heterocycles. The minimum Gasteiger partial charge on any atom is -0.394 e. The summed E-state index contributed by atoms with van der Waals surface area (Å²) in [7, 11) is 0. The van der Waals surface area contributed by atoms with Gasteiger partial charge in [0.05, 0.1) is 32.5 Å². The number of rotatable bonds is 13. The van der Waals surface area contributed by atoms with E-state index in [-0.39, 0.29) is 39.7 Å². The van der Waals surface area contributed by atoms with Gasteiger partial charge in [0.2, 0.25) is 0 Å². The van der Waals surface area contributed by atoms with Crippen molar-refractivity contribution in [2.24, 2.45) is 0 Å². The van der Waals surface area contributed by atoms with Gasteiger partial charge in [0.25, 0.3) is 0 Å². The van der Waals surface area contributed by atoms with E-state index < -0.39 is 0 Å². The SMILES string of the molecule is OCCOCOC(CCOCO)CCOCO. The van der Waals surface area contributed by atoms with Gasteiger partial charge in [-0.2, -0.15) is 0 Å². The lowest BCUT2D eigenvalue weighted by Crippen LogP contribution is -2.20. The van der Waals surface area contributed by atoms with Gasteiger partial charge in [-0.25, -0.2) is 0 Å². The Morgan fingerprint density at radius 2 is 1.35 bits per heavy atom. The first kappa shape index (κ1) is 16.7. The second kappa shape index (κ2) is 13.8. The minimum atomic E-state index is -0.319. The maximum atomic E-state index is 8.50. The highest BCUT2D eigenvalue weighted by molar-refractivity contribution is 4.56. The Balaban J connectivity index is 3.60. The van der Waals surface area contributed by atoms with E-state index >= 15 is 0 Å². The molecule has 7 nitrogen and oxygen atoms in total. The van der Waals surface area contributed by atoms with Gasteiger partial charge in [-0.3, -0.25) is 0 Å². The lowest BCUT2D eigenvalue weighted by atomic mass is 10.2. The first-order valence-corrected chi connectivity index (χ1v) is 5.52. The maximum absolute atomic E-state index is 8.50. The van der Waals surface area contributed by atoms with E-state index in [9.17, 15) is 0 Å². The maximum Gasteiger partial charge on any atom is 0.147 e. The molecule has 0 heterocycles. The Bertz CT molecular complexity index is 135. The number of hydrogen-bond acceptors (Lipinski definition) is 7. The Morgan fingerprint density at radius 1 is 0.765 bits per heavy atom. The third-order valence-electron chi connectivity index (χ3n) is 1.97. The van der Waals surface area contributed by atoms with E-state index in [4.69, 9.17) is 34.3 Å². The smallest absolute Gasteiger partial charge is 0.147 e. The Morgan fingerprint density at radius 3 is 1.82 bits per heavy atom. The molecule has 0 fully saturated rings. The van der Waals surface area contributed by atoms with E-state index in [1.165, 1.54) is 0 Å². The first-order valence-electron chi connectivity index (χ1n) is 5.52. The van der Waals surface area contributed by atoms with Crippen molar-refractivity contribution >= 4 is 0 Å². The Labute approximate surface area is 101 Å². The van der Waals surface area contributed by atoms with E-state index in [0.717, 1.165) is 0 Å². The van der Waals surface area contributed by atoms with Crippen LogP contribution in [0.1, 0.15) is 12.8 Å². The number of aliphatic hydroxyl groups is 3. The fourth-order valence-corrected chi connectivity index (χ4v) is 1.14. The summed E-state index contributed by atoms with van der Waals surface area (Å²) in [5.74, 6) is 0. The molecule has 0 saturated carbocycles. The Kier molecular flexibility index (Phi) is 13.6. The van der Waals surface area contributed by atoms with Gasteiger partial charge in [-0.05, 0) is 12.8 Å². The number of aliphatic hydroxyl groups excluding tert-OH is 3. The summed E-state index contributed by atoms with van der Waals surface area (Å²) < 4.78 is 20.0. The predicted octanol–water partition coefficient (Wildman–Crippen LogP) is -0.949. The fourth-order valence-electron chi connectivity index (χ4n) is 1.14. The van der Waals surface area contributed by atoms with E-state index in [1.807, 2.05) is 0 Å². The second-order valence-electron chi connectivity index (χ2n) is 3.19. The van der Waals surface area contributed by atoms with Gasteiger partial charge in [-0.15, -0.1) is 0 Å². The zero-order valence-corrected chi connectivity index (χ0v) is 9.92. The van der Waals surface area contributed by atoms with Crippen LogP contribution in [0.25, 0.3) is 0 Å². The highest BCUT2D eigenvalue weighted by Gasteiger charge is 2.09. The molecule has 0 rings (SSSR count). The predicted molar refractivity (Wildman–Crippen MR) is 58.1 cm³/mol. The zero-order valence-electron chi connectivity index (χ0n) is 9.92. The van der Waals surface area contributed by atoms with Crippen LogP contribution in [0.4, 0.5) is 0 Å². The first-order chi connectivity index (χ1) is 8.35. The second-order valence-corrected chi connectivity index (χ2v) is 3.19. The summed E-state index contributed by atoms with van der Waals surface area (Å²) in [6.45, 7) is 0.383. The molecule has 0 radical (unpaired) electrons. The van der Waals surface area contributed by atoms with Crippen LogP contribution in [0.3, 0.4) is 0 Å². The van der Waals surface area contributed by atoms with Crippen molar-refractivity contribution in [3.63, 3.8) is 0 Å². The summed E-state index contributed by atoms with van der Waals surface area (Å²) in [6.07, 6.45) is 1.06. The molecule has 0 unspecified atom stereocenters. The fraction of sp³-hybridized carbons (Fsp3) is 1.00. The lowest BCUT2D eigenvalue weighted by Gasteiger charge is -2.17. The van der Waals surface area contributed by atoms with Crippen molar-refractivity contribution in [3.05, 3.63) is 0 Å². The molecule has 0 spiro atoms. The molecule has 3 N–H and O–H groups in total. The quantitative estimate of drug-likeness (QED) is 0.288.